The molecule has 20 heavy (non-hydrogen) atoms. The minimum atomic E-state index is 1.04. The van der Waals surface area contributed by atoms with Crippen molar-refractivity contribution in [1.29, 1.82) is 0 Å². The molecule has 1 aromatic carbocycles. The molecule has 0 amide bonds. The van der Waals surface area contributed by atoms with Gasteiger partial charge in [0.05, 0.1) is 0 Å². The van der Waals surface area contributed by atoms with Gasteiger partial charge < -0.3 is 0 Å². The van der Waals surface area contributed by atoms with Crippen molar-refractivity contribution in [2.24, 2.45) is 0 Å². The van der Waals surface area contributed by atoms with Gasteiger partial charge in [0, 0.05) is 0 Å². The molecule has 0 atom stereocenters. The van der Waals surface area contributed by atoms with Crippen molar-refractivity contribution in [3.05, 3.63) is 84.5 Å². The first kappa shape index (κ1) is 20.5. The largest absolute Gasteiger partial charge is 0.0985 e. The standard InChI is InChI=1S/C9H10.C7H8.2C2H6/c1-2-9-7-5-3-4-6-8-9;1-7-5-3-2-4-6-7;2*1-2/h2-3,5-8H,1,4H2;2-6H,1H3;2*1-2H3. The fraction of sp³-hybridized carbons (Fsp3) is 0.300. The second-order valence-corrected chi connectivity index (χ2v) is 3.59. The molecule has 0 aliphatic heterocycles. The number of benzene rings is 1. The maximum Gasteiger partial charge on any atom is -0.0163 e. The lowest BCUT2D eigenvalue weighted by molar-refractivity contribution is 1.40. The molecule has 0 N–H and O–H groups in total. The van der Waals surface area contributed by atoms with E-state index in [1.807, 2.05) is 52.0 Å². The zero-order chi connectivity index (χ0) is 15.6. The summed E-state index contributed by atoms with van der Waals surface area (Å²) in [6.07, 6.45) is 13.3. The molecule has 1 aliphatic carbocycles. The van der Waals surface area contributed by atoms with Gasteiger partial charge in [-0.1, -0.05) is 107 Å². The van der Waals surface area contributed by atoms with Gasteiger partial charge in [-0.25, -0.2) is 0 Å². The maximum absolute atomic E-state index is 3.67. The molecule has 2 rings (SSSR count). The molecular formula is C20H30. The summed E-state index contributed by atoms with van der Waals surface area (Å²) in [5.74, 6) is 0. The monoisotopic (exact) mass is 270 g/mol. The third kappa shape index (κ3) is 12.6. The van der Waals surface area contributed by atoms with Crippen LogP contribution >= 0.6 is 0 Å². The molecule has 1 aliphatic rings. The summed E-state index contributed by atoms with van der Waals surface area (Å²) in [5.41, 5.74) is 2.51. The van der Waals surface area contributed by atoms with Gasteiger partial charge in [-0.15, -0.1) is 0 Å². The molecule has 0 nitrogen and oxygen atoms in total. The van der Waals surface area contributed by atoms with Gasteiger partial charge in [-0.2, -0.15) is 0 Å². The summed E-state index contributed by atoms with van der Waals surface area (Å²) in [4.78, 5) is 0. The minimum absolute atomic E-state index is 1.04. The van der Waals surface area contributed by atoms with Crippen molar-refractivity contribution in [3.8, 4) is 0 Å². The summed E-state index contributed by atoms with van der Waals surface area (Å²) >= 11 is 0. The van der Waals surface area contributed by atoms with E-state index in [1.165, 1.54) is 11.1 Å². The van der Waals surface area contributed by atoms with Crippen LogP contribution in [0.15, 0.2) is 78.9 Å². The first-order valence-corrected chi connectivity index (χ1v) is 7.50. The van der Waals surface area contributed by atoms with Gasteiger partial charge in [0.1, 0.15) is 0 Å². The van der Waals surface area contributed by atoms with Crippen molar-refractivity contribution in [2.45, 2.75) is 41.0 Å². The van der Waals surface area contributed by atoms with Crippen molar-refractivity contribution >= 4 is 0 Å². The number of allylic oxidation sites excluding steroid dienone is 7. The highest BCUT2D eigenvalue weighted by molar-refractivity contribution is 5.34. The zero-order valence-corrected chi connectivity index (χ0v) is 13.8. The average Bonchev–Trinajstić information content (AvgIpc) is 2.81. The topological polar surface area (TPSA) is 0 Å². The maximum atomic E-state index is 3.67. The predicted octanol–water partition coefficient (Wildman–Crippen LogP) is 6.66. The Kier molecular flexibility index (Phi) is 17.6. The van der Waals surface area contributed by atoms with E-state index in [1.54, 1.807) is 0 Å². The van der Waals surface area contributed by atoms with E-state index in [2.05, 4.69) is 56.0 Å². The molecule has 0 bridgehead atoms. The van der Waals surface area contributed by atoms with Crippen molar-refractivity contribution in [1.82, 2.24) is 0 Å². The van der Waals surface area contributed by atoms with E-state index in [0.717, 1.165) is 6.42 Å². The van der Waals surface area contributed by atoms with Gasteiger partial charge in [0.25, 0.3) is 0 Å². The van der Waals surface area contributed by atoms with E-state index in [0.29, 0.717) is 0 Å². The van der Waals surface area contributed by atoms with Gasteiger partial charge >= 0.3 is 0 Å². The second-order valence-electron chi connectivity index (χ2n) is 3.59. The number of hydrogen-bond donors (Lipinski definition) is 0. The van der Waals surface area contributed by atoms with Crippen LogP contribution in [0.4, 0.5) is 0 Å². The molecule has 0 heterocycles. The van der Waals surface area contributed by atoms with Crippen LogP contribution in [0.2, 0.25) is 0 Å². The van der Waals surface area contributed by atoms with Gasteiger partial charge in [0.2, 0.25) is 0 Å². The molecule has 0 radical (unpaired) electrons. The quantitative estimate of drug-likeness (QED) is 0.535. The third-order valence-corrected chi connectivity index (χ3v) is 2.18. The molecule has 0 aromatic heterocycles. The Balaban J connectivity index is 0. The molecular weight excluding hydrogens is 240 g/mol. The minimum Gasteiger partial charge on any atom is -0.0985 e. The Morgan fingerprint density at radius 2 is 1.55 bits per heavy atom. The molecule has 0 spiro atoms. The fourth-order valence-electron chi connectivity index (χ4n) is 1.27. The molecule has 110 valence electrons. The lowest BCUT2D eigenvalue weighted by Crippen LogP contribution is -1.63. The highest BCUT2D eigenvalue weighted by atomic mass is 13.9. The van der Waals surface area contributed by atoms with Crippen LogP contribution in [0.1, 0.15) is 39.7 Å². The van der Waals surface area contributed by atoms with Crippen LogP contribution in [0.5, 0.6) is 0 Å². The van der Waals surface area contributed by atoms with E-state index in [-0.39, 0.29) is 0 Å². The summed E-state index contributed by atoms with van der Waals surface area (Å²) in [6, 6.07) is 10.3. The average molecular weight is 270 g/mol. The highest BCUT2D eigenvalue weighted by Gasteiger charge is 1.83. The van der Waals surface area contributed by atoms with Crippen LogP contribution in [0.3, 0.4) is 0 Å². The predicted molar refractivity (Wildman–Crippen MR) is 95.1 cm³/mol. The summed E-state index contributed by atoms with van der Waals surface area (Å²) in [5, 5.41) is 0. The third-order valence-electron chi connectivity index (χ3n) is 2.18. The fourth-order valence-corrected chi connectivity index (χ4v) is 1.27. The summed E-state index contributed by atoms with van der Waals surface area (Å²) in [7, 11) is 0. The van der Waals surface area contributed by atoms with Crippen LogP contribution in [0.25, 0.3) is 0 Å². The van der Waals surface area contributed by atoms with Crippen molar-refractivity contribution in [2.75, 3.05) is 0 Å². The molecule has 0 saturated heterocycles. The molecule has 0 heteroatoms. The Morgan fingerprint density at radius 1 is 0.950 bits per heavy atom. The van der Waals surface area contributed by atoms with Crippen LogP contribution < -0.4 is 0 Å². The Bertz CT molecular complexity index is 391. The number of rotatable bonds is 1. The molecule has 0 saturated carbocycles. The smallest absolute Gasteiger partial charge is 0.0163 e. The molecule has 0 unspecified atom stereocenters. The van der Waals surface area contributed by atoms with E-state index in [9.17, 15) is 0 Å². The Morgan fingerprint density at radius 3 is 2.00 bits per heavy atom. The molecule has 0 fully saturated rings. The first-order valence-electron chi connectivity index (χ1n) is 7.50. The van der Waals surface area contributed by atoms with Gasteiger partial charge in [-0.05, 0) is 18.9 Å². The van der Waals surface area contributed by atoms with E-state index in [4.69, 9.17) is 0 Å². The van der Waals surface area contributed by atoms with E-state index >= 15 is 0 Å². The molecule has 1 aromatic rings. The Hall–Kier alpha value is -1.82. The van der Waals surface area contributed by atoms with Crippen LogP contribution in [-0.2, 0) is 0 Å². The SMILES string of the molecule is C=CC1=CC=CCC=C1.CC.CC.Cc1ccccc1. The van der Waals surface area contributed by atoms with Crippen LogP contribution in [0, 0.1) is 6.92 Å². The van der Waals surface area contributed by atoms with Crippen LogP contribution in [-0.4, -0.2) is 0 Å². The summed E-state index contributed by atoms with van der Waals surface area (Å²) < 4.78 is 0. The van der Waals surface area contributed by atoms with Gasteiger partial charge in [-0.3, -0.25) is 0 Å². The number of aryl methyl sites for hydroxylation is 1. The lowest BCUT2D eigenvalue weighted by atomic mass is 10.2. The lowest BCUT2D eigenvalue weighted by Gasteiger charge is -1.84. The van der Waals surface area contributed by atoms with Crippen molar-refractivity contribution in [3.63, 3.8) is 0 Å². The van der Waals surface area contributed by atoms with E-state index < -0.39 is 0 Å². The zero-order valence-electron chi connectivity index (χ0n) is 13.8. The number of hydrogen-bond acceptors (Lipinski definition) is 0. The normalized spacial score (nSPS) is 11.2. The first-order chi connectivity index (χ1) is 9.83. The highest BCUT2D eigenvalue weighted by Crippen LogP contribution is 2.03. The van der Waals surface area contributed by atoms with Gasteiger partial charge in [0.15, 0.2) is 0 Å². The Labute approximate surface area is 126 Å². The second kappa shape index (κ2) is 17.2. The summed E-state index contributed by atoms with van der Waals surface area (Å²) in [6.45, 7) is 13.8. The van der Waals surface area contributed by atoms with Crippen molar-refractivity contribution < 1.29 is 0 Å².